The number of nitrogens with zero attached hydrogens (tertiary/aromatic N) is 3. The molecule has 4 aromatic carbocycles. The predicted octanol–water partition coefficient (Wildman–Crippen LogP) is 12.6. The number of aryl methyl sites for hydroxylation is 3. The van der Waals surface area contributed by atoms with Gasteiger partial charge in [-0.3, -0.25) is 4.99 Å². The van der Waals surface area contributed by atoms with Crippen LogP contribution >= 0.6 is 0 Å². The Morgan fingerprint density at radius 3 is 2.07 bits per heavy atom. The average molecular weight is 967 g/mol. The molecule has 0 N–H and O–H groups in total. The molecule has 308 valence electrons. The van der Waals surface area contributed by atoms with Gasteiger partial charge in [0.2, 0.25) is 0 Å². The van der Waals surface area contributed by atoms with Crippen LogP contribution in [0.5, 0.6) is 0 Å². The Labute approximate surface area is 370 Å². The molecule has 0 spiro atoms. The van der Waals surface area contributed by atoms with Gasteiger partial charge in [-0.2, -0.15) is 0 Å². The van der Waals surface area contributed by atoms with Crippen LogP contribution < -0.4 is 4.90 Å². The van der Waals surface area contributed by atoms with Gasteiger partial charge in [-0.15, -0.1) is 41.5 Å². The average Bonchev–Trinajstić information content (AvgIpc) is 3.56. The zero-order valence-corrected chi connectivity index (χ0v) is 39.7. The van der Waals surface area contributed by atoms with Gasteiger partial charge in [-0.05, 0) is 83.2 Å². The van der Waals surface area contributed by atoms with Crippen LogP contribution in [0.3, 0.4) is 0 Å². The van der Waals surface area contributed by atoms with Crippen molar-refractivity contribution in [3.8, 4) is 0 Å². The fourth-order valence-electron chi connectivity index (χ4n) is 9.25. The molecular weight excluding hydrogens is 906 g/mol. The second kappa shape index (κ2) is 13.8. The van der Waals surface area contributed by atoms with Crippen molar-refractivity contribution in [3.05, 3.63) is 152 Å². The van der Waals surface area contributed by atoms with Gasteiger partial charge in [-0.1, -0.05) is 147 Å². The van der Waals surface area contributed by atoms with E-state index in [0.717, 1.165) is 50.6 Å². The van der Waals surface area contributed by atoms with Gasteiger partial charge in [0, 0.05) is 26.4 Å². The number of hydrogen-bond acceptors (Lipinski definition) is 5. The molecule has 0 bridgehead atoms. The molecule has 59 heavy (non-hydrogen) atoms. The fraction of sp³-hybridized carbons (Fsp3) is 0.415. The topological polar surface area (TPSA) is 54.8 Å². The molecule has 0 saturated carbocycles. The summed E-state index contributed by atoms with van der Waals surface area (Å²) in [6.45, 7) is 31.7. The zero-order chi connectivity index (χ0) is 43.9. The molecule has 8 rings (SSSR count). The van der Waals surface area contributed by atoms with Crippen molar-refractivity contribution in [2.75, 3.05) is 4.90 Å². The van der Waals surface area contributed by atoms with E-state index in [9.17, 15) is 2.74 Å². The van der Waals surface area contributed by atoms with Crippen molar-refractivity contribution in [1.82, 2.24) is 4.98 Å². The van der Waals surface area contributed by atoms with E-state index in [-0.39, 0.29) is 43.1 Å². The smallest absolute Gasteiger partial charge is 0.501 e. The van der Waals surface area contributed by atoms with Crippen LogP contribution in [0.4, 0.5) is 17.2 Å². The number of hydrogen-bond donors (Lipinski definition) is 0. The number of anilines is 3. The molecule has 0 saturated heterocycles. The van der Waals surface area contributed by atoms with Gasteiger partial charge in [0.1, 0.15) is 22.9 Å². The van der Waals surface area contributed by atoms with Crippen LogP contribution in [0.25, 0.3) is 0 Å². The summed E-state index contributed by atoms with van der Waals surface area (Å²) >= 11 is 0. The predicted molar refractivity (Wildman–Crippen MR) is 238 cm³/mol. The van der Waals surface area contributed by atoms with Crippen molar-refractivity contribution in [2.24, 2.45) is 10.4 Å². The summed E-state index contributed by atoms with van der Waals surface area (Å²) in [6.07, 6.45) is -0.00260. The zero-order valence-electron chi connectivity index (χ0n) is 39.4. The quantitative estimate of drug-likeness (QED) is 0.133. The third-order valence-electron chi connectivity index (χ3n) is 12.8. The van der Waals surface area contributed by atoms with Crippen LogP contribution in [0.1, 0.15) is 157 Å². The SMILES string of the molecule is [2H]C1([2H])c2ccc(C)cc2[C@@]2(C)N=C(c3[c-]c(C(=O)c4[c-]c5c(cc4C)C(C)(C)c4cc(C)ccc4N5c4cc(C(C)(C)C)ccn4)cc(C(C)(C)C)c3)O[C@@]12C(C)(C)C.[Pt+2]. The number of benzene rings is 4. The molecule has 3 aliphatic rings. The Balaban J connectivity index is 0.00000561. The standard InChI is InChI=1S/C53H59N3O2.Pt/c1-31-16-18-34-30-53(50(10,11)12)52(15,40(34)22-31)55-47(58-53)36-25-35(26-38(27-36)49(7,8)9)46(57)39-29-44-42(24-33(39)3)51(13,14)41-23-32(2)17-19-43(41)56(44)45-28-37(20-21-54-45)48(4,5)6;/h16-24,26-28H,30H2,1-15H3;/q-2;+2/t52-,53-;/m1./s1/i30D2;. The van der Waals surface area contributed by atoms with E-state index in [1.165, 1.54) is 11.1 Å². The minimum absolute atomic E-state index is 0. The number of ether oxygens (including phenoxy) is 1. The van der Waals surface area contributed by atoms with Gasteiger partial charge < -0.3 is 14.4 Å². The summed E-state index contributed by atoms with van der Waals surface area (Å²) in [7, 11) is 0. The van der Waals surface area contributed by atoms with Crippen molar-refractivity contribution >= 4 is 28.9 Å². The van der Waals surface area contributed by atoms with E-state index < -0.39 is 22.9 Å². The normalized spacial score (nSPS) is 21.8. The third-order valence-corrected chi connectivity index (χ3v) is 12.8. The first-order valence-electron chi connectivity index (χ1n) is 21.6. The van der Waals surface area contributed by atoms with E-state index in [0.29, 0.717) is 28.2 Å². The summed E-state index contributed by atoms with van der Waals surface area (Å²) in [4.78, 5) is 27.7. The number of pyridine rings is 1. The summed E-state index contributed by atoms with van der Waals surface area (Å²) < 4.78 is 26.5. The van der Waals surface area contributed by atoms with Gasteiger partial charge in [0.05, 0.1) is 5.78 Å². The summed E-state index contributed by atoms with van der Waals surface area (Å²) in [5.41, 5.74) is 8.01. The van der Waals surface area contributed by atoms with Crippen molar-refractivity contribution in [1.29, 1.82) is 0 Å². The molecule has 2 aliphatic heterocycles. The minimum Gasteiger partial charge on any atom is -0.501 e. The maximum Gasteiger partial charge on any atom is 2.00 e. The molecule has 1 aromatic heterocycles. The van der Waals surface area contributed by atoms with E-state index in [1.54, 1.807) is 0 Å². The van der Waals surface area contributed by atoms with Crippen LogP contribution in [0, 0.1) is 38.3 Å². The van der Waals surface area contributed by atoms with E-state index in [1.807, 2.05) is 72.0 Å². The minimum atomic E-state index is -1.87. The Morgan fingerprint density at radius 1 is 0.780 bits per heavy atom. The molecule has 2 atom stereocenters. The van der Waals surface area contributed by atoms with Gasteiger partial charge in [0.15, 0.2) is 0 Å². The number of carbonyl (C=O) groups excluding carboxylic acids is 1. The molecule has 1 aliphatic carbocycles. The Kier molecular flexibility index (Phi) is 9.41. The first kappa shape index (κ1) is 40.1. The van der Waals surface area contributed by atoms with Crippen LogP contribution in [0.2, 0.25) is 0 Å². The molecule has 0 radical (unpaired) electrons. The van der Waals surface area contributed by atoms with Gasteiger partial charge >= 0.3 is 21.1 Å². The maximum absolute atomic E-state index is 15.2. The number of rotatable bonds is 4. The maximum atomic E-state index is 15.2. The van der Waals surface area contributed by atoms with E-state index in [4.69, 9.17) is 14.7 Å². The Bertz CT molecular complexity index is 2680. The van der Waals surface area contributed by atoms with Gasteiger partial charge in [0.25, 0.3) is 0 Å². The largest absolute Gasteiger partial charge is 2.00 e. The first-order chi connectivity index (χ1) is 27.6. The Morgan fingerprint density at radius 2 is 1.42 bits per heavy atom. The molecule has 6 heteroatoms. The van der Waals surface area contributed by atoms with Crippen molar-refractivity contribution in [2.45, 2.75) is 138 Å². The van der Waals surface area contributed by atoms with E-state index >= 15 is 4.79 Å². The molecular formula is C53H59N3O2Pt. The van der Waals surface area contributed by atoms with E-state index in [2.05, 4.69) is 122 Å². The number of fused-ring (bicyclic) bond motifs is 5. The second-order valence-corrected chi connectivity index (χ2v) is 20.7. The summed E-state index contributed by atoms with van der Waals surface area (Å²) in [5, 5.41) is 0. The Hall–Kier alpha value is -4.34. The van der Waals surface area contributed by atoms with Crippen LogP contribution in [-0.2, 0) is 54.0 Å². The third kappa shape index (κ3) is 6.66. The number of carbonyl (C=O) groups is 1. The second-order valence-electron chi connectivity index (χ2n) is 20.7. The number of aliphatic imine (C=N–C) groups is 1. The molecule has 0 fully saturated rings. The molecule has 3 heterocycles. The first-order valence-corrected chi connectivity index (χ1v) is 20.6. The molecule has 0 amide bonds. The van der Waals surface area contributed by atoms with Crippen LogP contribution in [-0.4, -0.2) is 22.3 Å². The van der Waals surface area contributed by atoms with Gasteiger partial charge in [-0.25, -0.2) is 4.98 Å². The summed E-state index contributed by atoms with van der Waals surface area (Å²) in [5.74, 6) is 0.851. The van der Waals surface area contributed by atoms with Crippen molar-refractivity contribution < 1.29 is 33.3 Å². The number of ketones is 1. The fourth-order valence-corrected chi connectivity index (χ4v) is 9.25. The number of aromatic nitrogens is 1. The molecule has 5 nitrogen and oxygen atoms in total. The summed E-state index contributed by atoms with van der Waals surface area (Å²) in [6, 6.07) is 29.9. The monoisotopic (exact) mass is 966 g/mol. The molecule has 0 unspecified atom stereocenters. The molecule has 5 aromatic rings. The van der Waals surface area contributed by atoms with Crippen LogP contribution in [0.15, 0.2) is 77.9 Å². The van der Waals surface area contributed by atoms with Crippen molar-refractivity contribution in [3.63, 3.8) is 0 Å².